The molecule has 0 N–H and O–H groups in total. The van der Waals surface area contributed by atoms with Crippen molar-refractivity contribution in [2.75, 3.05) is 6.67 Å². The number of nitrogens with zero attached hydrogens (tertiary/aromatic N) is 1. The Morgan fingerprint density at radius 3 is 2.43 bits per heavy atom. The predicted octanol–water partition coefficient (Wildman–Crippen LogP) is 0.621. The van der Waals surface area contributed by atoms with Gasteiger partial charge in [-0.25, -0.2) is 4.39 Å². The van der Waals surface area contributed by atoms with Gasteiger partial charge >= 0.3 is 0 Å². The van der Waals surface area contributed by atoms with Crippen molar-refractivity contribution in [2.45, 2.75) is 13.0 Å². The third kappa shape index (κ3) is 2.08. The molecule has 0 aromatic rings. The second-order valence-electron chi connectivity index (χ2n) is 1.29. The SMILES string of the molecule is CC(CF)[N+](=O)[O-]. The summed E-state index contributed by atoms with van der Waals surface area (Å²) < 4.78 is 11.2. The Balaban J connectivity index is 3.34. The molecule has 0 saturated carbocycles. The van der Waals surface area contributed by atoms with E-state index in [2.05, 4.69) is 0 Å². The fourth-order valence-electron chi connectivity index (χ4n) is 0.0563. The Kier molecular flexibility index (Phi) is 2.26. The van der Waals surface area contributed by atoms with Crippen LogP contribution in [0.4, 0.5) is 4.39 Å². The summed E-state index contributed by atoms with van der Waals surface area (Å²) in [5.74, 6) is 0. The molecule has 0 rings (SSSR count). The van der Waals surface area contributed by atoms with Gasteiger partial charge in [-0.05, 0) is 0 Å². The summed E-state index contributed by atoms with van der Waals surface area (Å²) in [5, 5.41) is 9.50. The molecule has 7 heavy (non-hydrogen) atoms. The molecular weight excluding hydrogens is 101 g/mol. The molecule has 0 fully saturated rings. The van der Waals surface area contributed by atoms with Crippen LogP contribution in [-0.2, 0) is 0 Å². The molecule has 1 atom stereocenters. The van der Waals surface area contributed by atoms with Crippen LogP contribution in [-0.4, -0.2) is 17.6 Å². The average Bonchev–Trinajstić information content (AvgIpc) is 1.65. The van der Waals surface area contributed by atoms with Crippen LogP contribution in [0.2, 0.25) is 0 Å². The smallest absolute Gasteiger partial charge is 0.238 e. The van der Waals surface area contributed by atoms with Gasteiger partial charge in [0.15, 0.2) is 6.67 Å². The molecule has 0 amide bonds. The largest absolute Gasteiger partial charge is 0.264 e. The van der Waals surface area contributed by atoms with E-state index in [9.17, 15) is 14.5 Å². The van der Waals surface area contributed by atoms with E-state index in [0.717, 1.165) is 0 Å². The van der Waals surface area contributed by atoms with E-state index < -0.39 is 17.6 Å². The van der Waals surface area contributed by atoms with Crippen molar-refractivity contribution < 1.29 is 9.31 Å². The molecule has 0 saturated heterocycles. The summed E-state index contributed by atoms with van der Waals surface area (Å²) in [7, 11) is 0. The zero-order chi connectivity index (χ0) is 5.86. The fraction of sp³-hybridized carbons (Fsp3) is 1.00. The molecule has 0 aliphatic carbocycles. The lowest BCUT2D eigenvalue weighted by molar-refractivity contribution is -0.518. The zero-order valence-corrected chi connectivity index (χ0v) is 3.93. The first-order valence-electron chi connectivity index (χ1n) is 1.88. The Hall–Kier alpha value is -0.670. The van der Waals surface area contributed by atoms with Crippen molar-refractivity contribution in [3.63, 3.8) is 0 Å². The van der Waals surface area contributed by atoms with Crippen LogP contribution in [0.25, 0.3) is 0 Å². The monoisotopic (exact) mass is 107 g/mol. The standard InChI is InChI=1S/C3H6FNO2/c1-3(2-4)5(6)7/h3H,2H2,1H3. The minimum atomic E-state index is -1.04. The van der Waals surface area contributed by atoms with Crippen molar-refractivity contribution in [3.8, 4) is 0 Å². The Labute approximate surface area is 40.3 Å². The molecule has 0 heterocycles. The summed E-state index contributed by atoms with van der Waals surface area (Å²) in [6.45, 7) is 0.340. The first kappa shape index (κ1) is 6.33. The molecule has 0 aromatic carbocycles. The van der Waals surface area contributed by atoms with Crippen LogP contribution >= 0.6 is 0 Å². The van der Waals surface area contributed by atoms with Crippen molar-refractivity contribution in [1.29, 1.82) is 0 Å². The molecule has 42 valence electrons. The van der Waals surface area contributed by atoms with Crippen LogP contribution in [0.15, 0.2) is 0 Å². The van der Waals surface area contributed by atoms with Crippen LogP contribution < -0.4 is 0 Å². The molecule has 0 bridgehead atoms. The van der Waals surface area contributed by atoms with E-state index in [-0.39, 0.29) is 0 Å². The lowest BCUT2D eigenvalue weighted by atomic mass is 10.4. The normalized spacial score (nSPS) is 13.4. The second kappa shape index (κ2) is 2.49. The summed E-state index contributed by atoms with van der Waals surface area (Å²) in [6.07, 6.45) is 0. The minimum Gasteiger partial charge on any atom is -0.264 e. The predicted molar refractivity (Wildman–Crippen MR) is 22.4 cm³/mol. The van der Waals surface area contributed by atoms with E-state index >= 15 is 0 Å². The van der Waals surface area contributed by atoms with Gasteiger partial charge in [0, 0.05) is 11.8 Å². The first-order valence-corrected chi connectivity index (χ1v) is 1.88. The molecule has 0 aliphatic heterocycles. The Bertz CT molecular complexity index is 75.3. The second-order valence-corrected chi connectivity index (χ2v) is 1.29. The molecule has 0 aromatic heterocycles. The van der Waals surface area contributed by atoms with Crippen molar-refractivity contribution >= 4 is 0 Å². The van der Waals surface area contributed by atoms with Gasteiger partial charge in [0.25, 0.3) is 0 Å². The number of nitro groups is 1. The summed E-state index contributed by atoms with van der Waals surface area (Å²) in [4.78, 5) is 8.84. The van der Waals surface area contributed by atoms with Crippen LogP contribution in [0, 0.1) is 10.1 Å². The van der Waals surface area contributed by atoms with Gasteiger partial charge in [-0.2, -0.15) is 0 Å². The maximum atomic E-state index is 11.2. The van der Waals surface area contributed by atoms with E-state index in [4.69, 9.17) is 0 Å². The molecule has 4 heteroatoms. The fourth-order valence-corrected chi connectivity index (χ4v) is 0.0563. The highest BCUT2D eigenvalue weighted by atomic mass is 19.1. The van der Waals surface area contributed by atoms with Gasteiger partial charge in [0.2, 0.25) is 6.04 Å². The van der Waals surface area contributed by atoms with E-state index in [1.54, 1.807) is 0 Å². The molecule has 0 aliphatic rings. The molecule has 0 radical (unpaired) electrons. The third-order valence-electron chi connectivity index (χ3n) is 0.583. The summed E-state index contributed by atoms with van der Waals surface area (Å²) >= 11 is 0. The van der Waals surface area contributed by atoms with Crippen LogP contribution in [0.1, 0.15) is 6.92 Å². The van der Waals surface area contributed by atoms with E-state index in [0.29, 0.717) is 0 Å². The molecular formula is C3H6FNO2. The van der Waals surface area contributed by atoms with Crippen LogP contribution in [0.5, 0.6) is 0 Å². The maximum Gasteiger partial charge on any atom is 0.238 e. The number of hydrogen-bond donors (Lipinski definition) is 0. The maximum absolute atomic E-state index is 11.2. The topological polar surface area (TPSA) is 43.1 Å². The Morgan fingerprint density at radius 2 is 2.43 bits per heavy atom. The van der Waals surface area contributed by atoms with Gasteiger partial charge < -0.3 is 0 Å². The van der Waals surface area contributed by atoms with Crippen molar-refractivity contribution in [2.24, 2.45) is 0 Å². The average molecular weight is 107 g/mol. The first-order chi connectivity index (χ1) is 3.18. The minimum absolute atomic E-state index is 0.653. The highest BCUT2D eigenvalue weighted by Crippen LogP contribution is 1.85. The number of rotatable bonds is 2. The quantitative estimate of drug-likeness (QED) is 0.383. The van der Waals surface area contributed by atoms with Crippen molar-refractivity contribution in [3.05, 3.63) is 10.1 Å². The van der Waals surface area contributed by atoms with Gasteiger partial charge in [0.1, 0.15) is 0 Å². The van der Waals surface area contributed by atoms with Crippen molar-refractivity contribution in [1.82, 2.24) is 0 Å². The van der Waals surface area contributed by atoms with Gasteiger partial charge in [0.05, 0.1) is 0 Å². The summed E-state index contributed by atoms with van der Waals surface area (Å²) in [5.41, 5.74) is 0. The number of halogens is 1. The highest BCUT2D eigenvalue weighted by Gasteiger charge is 2.09. The van der Waals surface area contributed by atoms with E-state index in [1.165, 1.54) is 6.92 Å². The molecule has 0 spiro atoms. The van der Waals surface area contributed by atoms with Gasteiger partial charge in [-0.1, -0.05) is 0 Å². The summed E-state index contributed by atoms with van der Waals surface area (Å²) in [6, 6.07) is -1.04. The molecule has 1 unspecified atom stereocenters. The highest BCUT2D eigenvalue weighted by molar-refractivity contribution is 4.39. The lowest BCUT2D eigenvalue weighted by Crippen LogP contribution is -2.16. The van der Waals surface area contributed by atoms with Crippen LogP contribution in [0.3, 0.4) is 0 Å². The number of hydrogen-bond acceptors (Lipinski definition) is 2. The third-order valence-corrected chi connectivity index (χ3v) is 0.583. The van der Waals surface area contributed by atoms with Gasteiger partial charge in [-0.3, -0.25) is 10.1 Å². The lowest BCUT2D eigenvalue weighted by Gasteiger charge is -1.92. The Morgan fingerprint density at radius 1 is 2.00 bits per heavy atom. The molecule has 3 nitrogen and oxygen atoms in total. The van der Waals surface area contributed by atoms with Gasteiger partial charge in [-0.15, -0.1) is 0 Å². The zero-order valence-electron chi connectivity index (χ0n) is 3.93. The van der Waals surface area contributed by atoms with E-state index in [1.807, 2.05) is 0 Å². The number of alkyl halides is 1.